The molecule has 2 fully saturated rings. The van der Waals surface area contributed by atoms with Crippen LogP contribution in [0.4, 0.5) is 0 Å². The van der Waals surface area contributed by atoms with E-state index in [9.17, 15) is 13.2 Å². The molecule has 1 aliphatic carbocycles. The van der Waals surface area contributed by atoms with Crippen LogP contribution in [0, 0.1) is 17.8 Å². The third-order valence-electron chi connectivity index (χ3n) is 5.90. The Balaban J connectivity index is 1.66. The molecule has 1 heterocycles. The molecular weight excluding hydrogens is 362 g/mol. The zero-order chi connectivity index (χ0) is 19.6. The highest BCUT2D eigenvalue weighted by Crippen LogP contribution is 2.40. The van der Waals surface area contributed by atoms with Crippen LogP contribution in [0.3, 0.4) is 0 Å². The number of rotatable bonds is 7. The molecule has 150 valence electrons. The lowest BCUT2D eigenvalue weighted by atomic mass is 9.97. The fourth-order valence-corrected chi connectivity index (χ4v) is 6.01. The first-order chi connectivity index (χ1) is 12.8. The lowest BCUT2D eigenvalue weighted by molar-refractivity contribution is -0.124. The average Bonchev–Trinajstić information content (AvgIpc) is 3.22. The van der Waals surface area contributed by atoms with Gasteiger partial charge in [-0.3, -0.25) is 4.79 Å². The summed E-state index contributed by atoms with van der Waals surface area (Å²) in [6, 6.07) is 8.46. The minimum absolute atomic E-state index is 0.0289. The second-order valence-electron chi connectivity index (χ2n) is 8.22. The van der Waals surface area contributed by atoms with Gasteiger partial charge in [0, 0.05) is 19.1 Å². The van der Waals surface area contributed by atoms with Crippen molar-refractivity contribution in [3.05, 3.63) is 30.3 Å². The third-order valence-corrected chi connectivity index (χ3v) is 7.75. The highest BCUT2D eigenvalue weighted by Gasteiger charge is 2.47. The summed E-state index contributed by atoms with van der Waals surface area (Å²) in [6.07, 6.45) is 2.68. The first kappa shape index (κ1) is 20.3. The molecule has 0 radical (unpaired) electrons. The Bertz CT molecular complexity index is 751. The largest absolute Gasteiger partial charge is 0.352 e. The lowest BCUT2D eigenvalue weighted by Gasteiger charge is -2.25. The van der Waals surface area contributed by atoms with Crippen LogP contribution in [0.5, 0.6) is 0 Å². The van der Waals surface area contributed by atoms with E-state index in [0.29, 0.717) is 29.8 Å². The van der Waals surface area contributed by atoms with Gasteiger partial charge in [-0.1, -0.05) is 32.0 Å². The van der Waals surface area contributed by atoms with Crippen LogP contribution in [0.1, 0.15) is 33.1 Å². The Morgan fingerprint density at radius 3 is 2.52 bits per heavy atom. The normalized spacial score (nSPS) is 26.9. The molecule has 2 N–H and O–H groups in total. The SMILES string of the molecule is CN[C@@H](CC(C)C)C(=O)N[C@@H]1CC[C@H]2CN(S(=O)(=O)c3ccccc3)C[C@H]21. The molecule has 0 aromatic heterocycles. The lowest BCUT2D eigenvalue weighted by Crippen LogP contribution is -2.49. The van der Waals surface area contributed by atoms with Gasteiger partial charge in [-0.2, -0.15) is 4.31 Å². The summed E-state index contributed by atoms with van der Waals surface area (Å²) in [5.74, 6) is 0.986. The Labute approximate surface area is 162 Å². The van der Waals surface area contributed by atoms with Gasteiger partial charge >= 0.3 is 0 Å². The van der Waals surface area contributed by atoms with Gasteiger partial charge in [0.25, 0.3) is 0 Å². The molecule has 2 aliphatic rings. The number of hydrogen-bond acceptors (Lipinski definition) is 4. The average molecular weight is 394 g/mol. The summed E-state index contributed by atoms with van der Waals surface area (Å²) in [5, 5.41) is 6.30. The van der Waals surface area contributed by atoms with E-state index in [1.165, 1.54) is 0 Å². The van der Waals surface area contributed by atoms with Crippen LogP contribution < -0.4 is 10.6 Å². The highest BCUT2D eigenvalue weighted by molar-refractivity contribution is 7.89. The van der Waals surface area contributed by atoms with Crippen molar-refractivity contribution in [3.8, 4) is 0 Å². The van der Waals surface area contributed by atoms with Crippen molar-refractivity contribution in [1.29, 1.82) is 0 Å². The number of nitrogens with zero attached hydrogens (tertiary/aromatic N) is 1. The van der Waals surface area contributed by atoms with Crippen molar-refractivity contribution in [3.63, 3.8) is 0 Å². The first-order valence-electron chi connectivity index (χ1n) is 9.85. The Hall–Kier alpha value is -1.44. The molecule has 1 aromatic carbocycles. The van der Waals surface area contributed by atoms with Gasteiger partial charge in [-0.15, -0.1) is 0 Å². The fourth-order valence-electron chi connectivity index (χ4n) is 4.45. The Morgan fingerprint density at radius 2 is 1.89 bits per heavy atom. The van der Waals surface area contributed by atoms with Crippen LogP contribution in [0.15, 0.2) is 35.2 Å². The summed E-state index contributed by atoms with van der Waals surface area (Å²) in [4.78, 5) is 13.0. The maximum atomic E-state index is 12.9. The van der Waals surface area contributed by atoms with Crippen molar-refractivity contribution >= 4 is 15.9 Å². The third kappa shape index (κ3) is 4.36. The molecule has 1 saturated heterocycles. The fraction of sp³-hybridized carbons (Fsp3) is 0.650. The van der Waals surface area contributed by atoms with E-state index in [2.05, 4.69) is 24.5 Å². The molecule has 3 rings (SSSR count). The van der Waals surface area contributed by atoms with Gasteiger partial charge in [0.15, 0.2) is 0 Å². The molecule has 6 nitrogen and oxygen atoms in total. The van der Waals surface area contributed by atoms with Gasteiger partial charge in [0.1, 0.15) is 0 Å². The van der Waals surface area contributed by atoms with Gasteiger partial charge < -0.3 is 10.6 Å². The number of nitrogens with one attached hydrogen (secondary N) is 2. The number of sulfonamides is 1. The van der Waals surface area contributed by atoms with E-state index in [1.54, 1.807) is 28.6 Å². The minimum atomic E-state index is -3.46. The van der Waals surface area contributed by atoms with E-state index in [-0.39, 0.29) is 23.9 Å². The standard InChI is InChI=1S/C20H31N3O3S/c1-14(2)11-19(21-3)20(24)22-18-10-9-15-12-23(13-17(15)18)27(25,26)16-7-5-4-6-8-16/h4-8,14-15,17-19,21H,9-13H2,1-3H3,(H,22,24)/t15-,17+,18+,19-/m0/s1. The second-order valence-corrected chi connectivity index (χ2v) is 10.2. The predicted molar refractivity (Wildman–Crippen MR) is 106 cm³/mol. The van der Waals surface area contributed by atoms with Crippen molar-refractivity contribution in [2.45, 2.75) is 50.1 Å². The first-order valence-corrected chi connectivity index (χ1v) is 11.3. The van der Waals surface area contributed by atoms with Crippen LogP contribution in [0.2, 0.25) is 0 Å². The Kier molecular flexibility index (Phi) is 6.23. The smallest absolute Gasteiger partial charge is 0.243 e. The Morgan fingerprint density at radius 1 is 1.19 bits per heavy atom. The molecule has 0 spiro atoms. The second kappa shape index (κ2) is 8.29. The van der Waals surface area contributed by atoms with Crippen LogP contribution in [-0.2, 0) is 14.8 Å². The molecule has 7 heteroatoms. The summed E-state index contributed by atoms with van der Waals surface area (Å²) >= 11 is 0. The van der Waals surface area contributed by atoms with Crippen LogP contribution >= 0.6 is 0 Å². The monoisotopic (exact) mass is 393 g/mol. The number of amides is 1. The molecule has 1 saturated carbocycles. The van der Waals surface area contributed by atoms with E-state index < -0.39 is 10.0 Å². The number of fused-ring (bicyclic) bond motifs is 1. The maximum absolute atomic E-state index is 12.9. The van der Waals surface area contributed by atoms with Crippen molar-refractivity contribution < 1.29 is 13.2 Å². The minimum Gasteiger partial charge on any atom is -0.352 e. The van der Waals surface area contributed by atoms with Gasteiger partial charge in [0.2, 0.25) is 15.9 Å². The van der Waals surface area contributed by atoms with E-state index in [0.717, 1.165) is 19.3 Å². The molecule has 4 atom stereocenters. The molecule has 1 aliphatic heterocycles. The predicted octanol–water partition coefficient (Wildman–Crippen LogP) is 1.84. The molecule has 0 unspecified atom stereocenters. The van der Waals surface area contributed by atoms with Crippen molar-refractivity contribution in [1.82, 2.24) is 14.9 Å². The molecule has 0 bridgehead atoms. The summed E-state index contributed by atoms with van der Waals surface area (Å²) in [6.45, 7) is 5.25. The topological polar surface area (TPSA) is 78.5 Å². The number of likely N-dealkylation sites (N-methyl/N-ethyl adjacent to an activating group) is 1. The molecule has 27 heavy (non-hydrogen) atoms. The number of benzene rings is 1. The number of carbonyl (C=O) groups is 1. The summed E-state index contributed by atoms with van der Waals surface area (Å²) in [7, 11) is -1.65. The van der Waals surface area contributed by atoms with E-state index in [1.807, 2.05) is 13.1 Å². The van der Waals surface area contributed by atoms with Crippen LogP contribution in [-0.4, -0.2) is 50.9 Å². The summed E-state index contributed by atoms with van der Waals surface area (Å²) in [5.41, 5.74) is 0. The van der Waals surface area contributed by atoms with Gasteiger partial charge in [-0.05, 0) is 56.2 Å². The molecule has 1 aromatic rings. The zero-order valence-corrected chi connectivity index (χ0v) is 17.2. The van der Waals surface area contributed by atoms with Crippen LogP contribution in [0.25, 0.3) is 0 Å². The zero-order valence-electron chi connectivity index (χ0n) is 16.4. The van der Waals surface area contributed by atoms with Crippen molar-refractivity contribution in [2.24, 2.45) is 17.8 Å². The van der Waals surface area contributed by atoms with Gasteiger partial charge in [-0.25, -0.2) is 8.42 Å². The molecule has 1 amide bonds. The van der Waals surface area contributed by atoms with E-state index in [4.69, 9.17) is 0 Å². The maximum Gasteiger partial charge on any atom is 0.243 e. The summed E-state index contributed by atoms with van der Waals surface area (Å²) < 4.78 is 27.4. The van der Waals surface area contributed by atoms with Crippen molar-refractivity contribution in [2.75, 3.05) is 20.1 Å². The van der Waals surface area contributed by atoms with Gasteiger partial charge in [0.05, 0.1) is 10.9 Å². The molecular formula is C20H31N3O3S. The highest BCUT2D eigenvalue weighted by atomic mass is 32.2. The quantitative estimate of drug-likeness (QED) is 0.741. The van der Waals surface area contributed by atoms with E-state index >= 15 is 0 Å². The number of hydrogen-bond donors (Lipinski definition) is 2. The number of carbonyl (C=O) groups excluding carboxylic acids is 1.